The molecule has 2 fully saturated rings. The predicted molar refractivity (Wildman–Crippen MR) is 72.0 cm³/mol. The summed E-state index contributed by atoms with van der Waals surface area (Å²) in [7, 11) is 0. The van der Waals surface area contributed by atoms with Crippen molar-refractivity contribution in [1.82, 2.24) is 0 Å². The lowest BCUT2D eigenvalue weighted by Crippen LogP contribution is -2.58. The average molecular weight is 360 g/mol. The van der Waals surface area contributed by atoms with Crippen LogP contribution in [0.2, 0.25) is 0 Å². The van der Waals surface area contributed by atoms with E-state index in [1.807, 2.05) is 0 Å². The lowest BCUT2D eigenvalue weighted by molar-refractivity contribution is -0.286. The van der Waals surface area contributed by atoms with Gasteiger partial charge in [-0.25, -0.2) is 0 Å². The van der Waals surface area contributed by atoms with E-state index >= 15 is 0 Å². The maximum absolute atomic E-state index is 9.12. The van der Waals surface area contributed by atoms with Crippen molar-refractivity contribution in [3.8, 4) is 0 Å². The number of hydrogen-bond donors (Lipinski definition) is 10. The molecule has 0 spiro atoms. The molecule has 144 valence electrons. The summed E-state index contributed by atoms with van der Waals surface area (Å²) < 4.78 is 9.15. The number of rotatable bonds is 2. The quantitative estimate of drug-likeness (QED) is 0.222. The Morgan fingerprint density at radius 2 is 0.750 bits per heavy atom. The second-order valence-electron chi connectivity index (χ2n) is 5.44. The van der Waals surface area contributed by atoms with Crippen molar-refractivity contribution in [1.29, 1.82) is 0 Å². The smallest absolute Gasteiger partial charge is 0.184 e. The lowest BCUT2D eigenvalue weighted by atomic mass is 10.00. The average Bonchev–Trinajstić information content (AvgIpc) is 2.58. The molecule has 0 aromatic rings. The summed E-state index contributed by atoms with van der Waals surface area (Å²) in [5.41, 5.74) is 0. The molecule has 2 saturated heterocycles. The molecule has 0 aliphatic carbocycles. The fourth-order valence-electron chi connectivity index (χ4n) is 2.16. The first-order chi connectivity index (χ1) is 11.1. The molecule has 10 N–H and O–H groups in total. The van der Waals surface area contributed by atoms with E-state index in [0.717, 1.165) is 0 Å². The van der Waals surface area contributed by atoms with Crippen molar-refractivity contribution >= 4 is 0 Å². The molecule has 0 radical (unpaired) electrons. The van der Waals surface area contributed by atoms with Crippen molar-refractivity contribution in [3.05, 3.63) is 0 Å². The highest BCUT2D eigenvalue weighted by atomic mass is 16.6. The minimum Gasteiger partial charge on any atom is -0.394 e. The van der Waals surface area contributed by atoms with Gasteiger partial charge in [0.2, 0.25) is 0 Å². The zero-order valence-corrected chi connectivity index (χ0v) is 12.5. The highest BCUT2D eigenvalue weighted by Crippen LogP contribution is 2.19. The molecule has 0 aromatic carbocycles. The van der Waals surface area contributed by atoms with Crippen LogP contribution in [0.4, 0.5) is 0 Å². The van der Waals surface area contributed by atoms with E-state index in [9.17, 15) is 0 Å². The van der Waals surface area contributed by atoms with E-state index < -0.39 is 74.6 Å². The summed E-state index contributed by atoms with van der Waals surface area (Å²) in [5.74, 6) is 0. The number of aliphatic hydroxyl groups excluding tert-OH is 10. The second kappa shape index (κ2) is 9.28. The van der Waals surface area contributed by atoms with Crippen molar-refractivity contribution < 1.29 is 60.5 Å². The van der Waals surface area contributed by atoms with Gasteiger partial charge in [0.15, 0.2) is 12.6 Å². The van der Waals surface area contributed by atoms with Gasteiger partial charge in [-0.2, -0.15) is 0 Å². The molecule has 12 heteroatoms. The van der Waals surface area contributed by atoms with Crippen LogP contribution in [0.15, 0.2) is 0 Å². The van der Waals surface area contributed by atoms with Crippen molar-refractivity contribution in [2.24, 2.45) is 0 Å². The molecule has 0 bridgehead atoms. The minimum atomic E-state index is -1.57. The summed E-state index contributed by atoms with van der Waals surface area (Å²) in [6.07, 6.45) is -14.1. The molecule has 2 heterocycles. The standard InChI is InChI=1S/2C6H12O6/c2*7-1-2-3(8)4(9)5(10)6(11)12-2/h2*2-11H,1H2/t2*2-,3-,4+,5+,6?/m11/s1. The van der Waals surface area contributed by atoms with E-state index in [0.29, 0.717) is 0 Å². The van der Waals surface area contributed by atoms with Gasteiger partial charge in [0.05, 0.1) is 13.2 Å². The first-order valence-electron chi connectivity index (χ1n) is 7.12. The van der Waals surface area contributed by atoms with Crippen molar-refractivity contribution in [2.75, 3.05) is 13.2 Å². The monoisotopic (exact) mass is 360 g/mol. The summed E-state index contributed by atoms with van der Waals surface area (Å²) in [6, 6.07) is 0. The van der Waals surface area contributed by atoms with E-state index in [1.165, 1.54) is 0 Å². The Bertz CT molecular complexity index is 326. The largest absolute Gasteiger partial charge is 0.394 e. The van der Waals surface area contributed by atoms with Gasteiger partial charge in [-0.15, -0.1) is 0 Å². The van der Waals surface area contributed by atoms with Crippen LogP contribution in [0.1, 0.15) is 0 Å². The molecule has 0 aromatic heterocycles. The molecule has 0 amide bonds. The van der Waals surface area contributed by atoms with Gasteiger partial charge in [-0.05, 0) is 0 Å². The van der Waals surface area contributed by atoms with Crippen LogP contribution in [0.3, 0.4) is 0 Å². The van der Waals surface area contributed by atoms with Gasteiger partial charge in [-0.3, -0.25) is 0 Å². The zero-order valence-electron chi connectivity index (χ0n) is 12.5. The Morgan fingerprint density at radius 1 is 0.458 bits per heavy atom. The van der Waals surface area contributed by atoms with Crippen LogP contribution in [0.5, 0.6) is 0 Å². The van der Waals surface area contributed by atoms with Crippen molar-refractivity contribution in [2.45, 2.75) is 61.4 Å². The van der Waals surface area contributed by atoms with E-state index in [4.69, 9.17) is 51.1 Å². The molecule has 10 atom stereocenters. The van der Waals surface area contributed by atoms with Gasteiger partial charge in [0, 0.05) is 0 Å². The van der Waals surface area contributed by atoms with E-state index in [1.54, 1.807) is 0 Å². The number of aliphatic hydroxyl groups is 10. The SMILES string of the molecule is OC[C@H]1OC(O)[C@@H](O)[C@@H](O)[C@@H]1O.OC[C@H]1OC(O)[C@@H](O)[C@@H](O)[C@@H]1O. The van der Waals surface area contributed by atoms with Crippen LogP contribution >= 0.6 is 0 Å². The Labute approximate surface area is 136 Å². The highest BCUT2D eigenvalue weighted by Gasteiger charge is 2.43. The third kappa shape index (κ3) is 4.78. The lowest BCUT2D eigenvalue weighted by Gasteiger charge is -2.37. The normalized spacial score (nSPS) is 49.2. The zero-order chi connectivity index (χ0) is 18.6. The molecule has 2 aliphatic rings. The van der Waals surface area contributed by atoms with Crippen LogP contribution < -0.4 is 0 Å². The number of hydrogen-bond acceptors (Lipinski definition) is 12. The Morgan fingerprint density at radius 3 is 1.00 bits per heavy atom. The van der Waals surface area contributed by atoms with E-state index in [-0.39, 0.29) is 0 Å². The number of ether oxygens (including phenoxy) is 2. The Kier molecular flexibility index (Phi) is 8.34. The van der Waals surface area contributed by atoms with Gasteiger partial charge in [0.25, 0.3) is 0 Å². The van der Waals surface area contributed by atoms with Crippen LogP contribution in [0.25, 0.3) is 0 Å². The maximum Gasteiger partial charge on any atom is 0.184 e. The third-order valence-electron chi connectivity index (χ3n) is 3.73. The molecule has 12 nitrogen and oxygen atoms in total. The summed E-state index contributed by atoms with van der Waals surface area (Å²) in [5, 5.41) is 89.3. The second-order valence-corrected chi connectivity index (χ2v) is 5.44. The molecule has 0 saturated carbocycles. The van der Waals surface area contributed by atoms with Crippen LogP contribution in [-0.2, 0) is 9.47 Å². The summed E-state index contributed by atoms with van der Waals surface area (Å²) in [6.45, 7) is -1.05. The predicted octanol–water partition coefficient (Wildman–Crippen LogP) is -6.44. The molecular weight excluding hydrogens is 336 g/mol. The first-order valence-corrected chi connectivity index (χ1v) is 7.12. The molecule has 2 unspecified atom stereocenters. The minimum absolute atomic E-state index is 0.526. The topological polar surface area (TPSA) is 221 Å². The Hall–Kier alpha value is -0.480. The molecular formula is C12H24O12. The highest BCUT2D eigenvalue weighted by molar-refractivity contribution is 4.88. The van der Waals surface area contributed by atoms with Crippen molar-refractivity contribution in [3.63, 3.8) is 0 Å². The van der Waals surface area contributed by atoms with Crippen LogP contribution in [-0.4, -0.2) is 126 Å². The summed E-state index contributed by atoms with van der Waals surface area (Å²) >= 11 is 0. The van der Waals surface area contributed by atoms with Gasteiger partial charge >= 0.3 is 0 Å². The maximum atomic E-state index is 9.12. The molecule has 24 heavy (non-hydrogen) atoms. The van der Waals surface area contributed by atoms with Gasteiger partial charge < -0.3 is 60.5 Å². The fraction of sp³-hybridized carbons (Fsp3) is 1.00. The summed E-state index contributed by atoms with van der Waals surface area (Å²) in [4.78, 5) is 0. The first kappa shape index (κ1) is 21.6. The third-order valence-corrected chi connectivity index (χ3v) is 3.73. The van der Waals surface area contributed by atoms with Gasteiger partial charge in [-0.1, -0.05) is 0 Å². The fourth-order valence-corrected chi connectivity index (χ4v) is 2.16. The molecule has 2 rings (SSSR count). The van der Waals surface area contributed by atoms with Gasteiger partial charge in [0.1, 0.15) is 48.8 Å². The Balaban J connectivity index is 0.000000240. The molecule has 2 aliphatic heterocycles. The van der Waals surface area contributed by atoms with Crippen LogP contribution in [0, 0.1) is 0 Å². The van der Waals surface area contributed by atoms with E-state index in [2.05, 4.69) is 9.47 Å².